The fourth-order valence-electron chi connectivity index (χ4n) is 2.26. The van der Waals surface area contributed by atoms with Crippen LogP contribution in [-0.2, 0) is 0 Å². The SMILES string of the molecule is CN(c1ccccc1C#N)c1nc(Cl)nc2ccccc12. The Morgan fingerprint density at radius 1 is 1.05 bits per heavy atom. The van der Waals surface area contributed by atoms with Gasteiger partial charge in [0.05, 0.1) is 16.8 Å². The minimum Gasteiger partial charge on any atom is -0.328 e. The molecule has 1 aromatic heterocycles. The molecule has 1 heterocycles. The Morgan fingerprint density at radius 2 is 1.76 bits per heavy atom. The summed E-state index contributed by atoms with van der Waals surface area (Å²) in [5.74, 6) is 0.674. The van der Waals surface area contributed by atoms with E-state index in [1.165, 1.54) is 0 Å². The van der Waals surface area contributed by atoms with Crippen LogP contribution in [0.1, 0.15) is 5.56 Å². The zero-order valence-corrected chi connectivity index (χ0v) is 12.0. The molecule has 102 valence electrons. The summed E-state index contributed by atoms with van der Waals surface area (Å²) < 4.78 is 0. The van der Waals surface area contributed by atoms with E-state index < -0.39 is 0 Å². The number of anilines is 2. The van der Waals surface area contributed by atoms with E-state index in [9.17, 15) is 5.26 Å². The first-order valence-corrected chi connectivity index (χ1v) is 6.73. The third-order valence-corrected chi connectivity index (χ3v) is 3.43. The van der Waals surface area contributed by atoms with Crippen LogP contribution in [0.3, 0.4) is 0 Å². The van der Waals surface area contributed by atoms with Gasteiger partial charge in [-0.05, 0) is 35.9 Å². The highest BCUT2D eigenvalue weighted by Crippen LogP contribution is 2.31. The van der Waals surface area contributed by atoms with Crippen molar-refractivity contribution in [2.75, 3.05) is 11.9 Å². The normalized spacial score (nSPS) is 10.3. The number of para-hydroxylation sites is 2. The van der Waals surface area contributed by atoms with Crippen LogP contribution in [-0.4, -0.2) is 17.0 Å². The van der Waals surface area contributed by atoms with E-state index >= 15 is 0 Å². The molecule has 4 nitrogen and oxygen atoms in total. The maximum Gasteiger partial charge on any atom is 0.224 e. The predicted octanol–water partition coefficient (Wildman–Crippen LogP) is 3.92. The van der Waals surface area contributed by atoms with Gasteiger partial charge in [0.2, 0.25) is 5.28 Å². The quantitative estimate of drug-likeness (QED) is 0.672. The van der Waals surface area contributed by atoms with Crippen LogP contribution in [0, 0.1) is 11.3 Å². The molecule has 5 heteroatoms. The van der Waals surface area contributed by atoms with Crippen LogP contribution in [0.25, 0.3) is 10.9 Å². The van der Waals surface area contributed by atoms with Crippen molar-refractivity contribution >= 4 is 34.0 Å². The number of halogens is 1. The molecular weight excluding hydrogens is 284 g/mol. The van der Waals surface area contributed by atoms with Gasteiger partial charge in [0, 0.05) is 12.4 Å². The predicted molar refractivity (Wildman–Crippen MR) is 83.8 cm³/mol. The van der Waals surface area contributed by atoms with Crippen LogP contribution >= 0.6 is 11.6 Å². The summed E-state index contributed by atoms with van der Waals surface area (Å²) in [5.41, 5.74) is 2.13. The van der Waals surface area contributed by atoms with E-state index in [2.05, 4.69) is 16.0 Å². The first-order chi connectivity index (χ1) is 10.2. The van der Waals surface area contributed by atoms with Crippen molar-refractivity contribution in [1.82, 2.24) is 9.97 Å². The lowest BCUT2D eigenvalue weighted by molar-refractivity contribution is 1.11. The molecule has 0 aliphatic rings. The Bertz CT molecular complexity index is 854. The van der Waals surface area contributed by atoms with Gasteiger partial charge in [0.1, 0.15) is 11.9 Å². The topological polar surface area (TPSA) is 52.8 Å². The van der Waals surface area contributed by atoms with Gasteiger partial charge in [-0.1, -0.05) is 24.3 Å². The highest BCUT2D eigenvalue weighted by atomic mass is 35.5. The second-order valence-electron chi connectivity index (χ2n) is 4.52. The zero-order valence-electron chi connectivity index (χ0n) is 11.3. The third-order valence-electron chi connectivity index (χ3n) is 3.26. The first kappa shape index (κ1) is 13.3. The van der Waals surface area contributed by atoms with Crippen LogP contribution in [0.5, 0.6) is 0 Å². The van der Waals surface area contributed by atoms with Gasteiger partial charge in [-0.15, -0.1) is 0 Å². The Hall–Kier alpha value is -2.64. The molecule has 0 bridgehead atoms. The van der Waals surface area contributed by atoms with Gasteiger partial charge in [-0.3, -0.25) is 0 Å². The molecule has 0 amide bonds. The molecule has 0 spiro atoms. The lowest BCUT2D eigenvalue weighted by Gasteiger charge is -2.21. The molecular formula is C16H11ClN4. The number of nitriles is 1. The van der Waals surface area contributed by atoms with Crippen LogP contribution < -0.4 is 4.90 Å². The van der Waals surface area contributed by atoms with Crippen molar-refractivity contribution < 1.29 is 0 Å². The Labute approximate surface area is 127 Å². The highest BCUT2D eigenvalue weighted by molar-refractivity contribution is 6.28. The number of benzene rings is 2. The maximum absolute atomic E-state index is 9.25. The van der Waals surface area contributed by atoms with Gasteiger partial charge >= 0.3 is 0 Å². The summed E-state index contributed by atoms with van der Waals surface area (Å²) in [4.78, 5) is 10.4. The Balaban J connectivity index is 2.23. The fraction of sp³-hybridized carbons (Fsp3) is 0.0625. The largest absolute Gasteiger partial charge is 0.328 e. The van der Waals surface area contributed by atoms with E-state index in [1.807, 2.05) is 54.4 Å². The molecule has 3 rings (SSSR count). The number of hydrogen-bond donors (Lipinski definition) is 0. The standard InChI is InChI=1S/C16H11ClN4/c1-21(14-9-5-2-6-11(14)10-18)15-12-7-3-4-8-13(12)19-16(17)20-15/h2-9H,1H3. The average Bonchev–Trinajstić information content (AvgIpc) is 2.53. The minimum absolute atomic E-state index is 0.185. The molecule has 0 fully saturated rings. The number of hydrogen-bond acceptors (Lipinski definition) is 4. The summed E-state index contributed by atoms with van der Waals surface area (Å²) in [6.45, 7) is 0. The molecule has 0 N–H and O–H groups in total. The lowest BCUT2D eigenvalue weighted by atomic mass is 10.1. The minimum atomic E-state index is 0.185. The number of rotatable bonds is 2. The second-order valence-corrected chi connectivity index (χ2v) is 4.86. The number of fused-ring (bicyclic) bond motifs is 1. The summed E-state index contributed by atoms with van der Waals surface area (Å²) in [6, 6.07) is 17.2. The van der Waals surface area contributed by atoms with Crippen molar-refractivity contribution in [3.05, 3.63) is 59.4 Å². The zero-order chi connectivity index (χ0) is 14.8. The first-order valence-electron chi connectivity index (χ1n) is 6.36. The summed E-state index contributed by atoms with van der Waals surface area (Å²) >= 11 is 6.02. The van der Waals surface area contributed by atoms with Crippen LogP contribution in [0.2, 0.25) is 5.28 Å². The van der Waals surface area contributed by atoms with Gasteiger partial charge in [0.25, 0.3) is 0 Å². The maximum atomic E-state index is 9.25. The van der Waals surface area contributed by atoms with E-state index in [-0.39, 0.29) is 5.28 Å². The summed E-state index contributed by atoms with van der Waals surface area (Å²) in [5, 5.41) is 10.3. The van der Waals surface area contributed by atoms with Crippen molar-refractivity contribution in [3.8, 4) is 6.07 Å². The molecule has 0 aliphatic carbocycles. The molecule has 0 atom stereocenters. The second kappa shape index (κ2) is 5.39. The van der Waals surface area contributed by atoms with E-state index in [0.717, 1.165) is 16.6 Å². The molecule has 21 heavy (non-hydrogen) atoms. The van der Waals surface area contributed by atoms with Gasteiger partial charge < -0.3 is 4.90 Å². The number of aromatic nitrogens is 2. The average molecular weight is 295 g/mol. The molecule has 0 radical (unpaired) electrons. The smallest absolute Gasteiger partial charge is 0.224 e. The van der Waals surface area contributed by atoms with E-state index in [4.69, 9.17) is 11.6 Å². The van der Waals surface area contributed by atoms with Crippen LogP contribution in [0.15, 0.2) is 48.5 Å². The van der Waals surface area contributed by atoms with Crippen molar-refractivity contribution in [2.45, 2.75) is 0 Å². The van der Waals surface area contributed by atoms with Crippen LogP contribution in [0.4, 0.5) is 11.5 Å². The molecule has 0 saturated heterocycles. The molecule has 0 saturated carbocycles. The van der Waals surface area contributed by atoms with Crippen molar-refractivity contribution in [2.24, 2.45) is 0 Å². The van der Waals surface area contributed by atoms with Crippen molar-refractivity contribution in [1.29, 1.82) is 5.26 Å². The van der Waals surface area contributed by atoms with Gasteiger partial charge in [-0.2, -0.15) is 10.2 Å². The summed E-state index contributed by atoms with van der Waals surface area (Å²) in [7, 11) is 1.86. The summed E-state index contributed by atoms with van der Waals surface area (Å²) in [6.07, 6.45) is 0. The molecule has 0 aliphatic heterocycles. The molecule has 3 aromatic rings. The number of nitrogens with zero attached hydrogens (tertiary/aromatic N) is 4. The van der Waals surface area contributed by atoms with E-state index in [0.29, 0.717) is 11.4 Å². The Kier molecular flexibility index (Phi) is 3.43. The Morgan fingerprint density at radius 3 is 2.57 bits per heavy atom. The van der Waals surface area contributed by atoms with Crippen molar-refractivity contribution in [3.63, 3.8) is 0 Å². The lowest BCUT2D eigenvalue weighted by Crippen LogP contribution is -2.13. The fourth-order valence-corrected chi connectivity index (χ4v) is 2.43. The van der Waals surface area contributed by atoms with E-state index in [1.54, 1.807) is 6.07 Å². The molecule has 0 unspecified atom stereocenters. The molecule has 2 aromatic carbocycles. The third kappa shape index (κ3) is 2.39. The monoisotopic (exact) mass is 294 g/mol. The highest BCUT2D eigenvalue weighted by Gasteiger charge is 2.14. The van der Waals surface area contributed by atoms with Gasteiger partial charge in [-0.25, -0.2) is 4.98 Å². The van der Waals surface area contributed by atoms with Gasteiger partial charge in [0.15, 0.2) is 0 Å².